The third-order valence-electron chi connectivity index (χ3n) is 5.61. The zero-order valence-electron chi connectivity index (χ0n) is 19.3. The van der Waals surface area contributed by atoms with E-state index in [2.05, 4.69) is 0 Å². The van der Waals surface area contributed by atoms with Gasteiger partial charge in [0, 0.05) is 0 Å². The molecule has 0 amide bonds. The van der Waals surface area contributed by atoms with Crippen molar-refractivity contribution >= 4 is 0 Å². The number of nitrogens with zero attached hydrogens (tertiary/aromatic N) is 3. The van der Waals surface area contributed by atoms with Crippen LogP contribution in [0.1, 0.15) is 20.8 Å². The Balaban J connectivity index is 1.54. The van der Waals surface area contributed by atoms with Gasteiger partial charge in [-0.1, -0.05) is 0 Å². The molecule has 4 rings (SSSR count). The number of aromatic nitrogens is 3. The van der Waals surface area contributed by atoms with Crippen LogP contribution in [0.4, 0.5) is 0 Å². The molecular formula is C21H33N3O9. The molecule has 0 N–H and O–H groups in total. The maximum Gasteiger partial charge on any atom is 0.336 e. The summed E-state index contributed by atoms with van der Waals surface area (Å²) in [6, 6.07) is 0. The lowest BCUT2D eigenvalue weighted by Gasteiger charge is -2.20. The molecule has 0 bridgehead atoms. The van der Waals surface area contributed by atoms with E-state index in [1.807, 2.05) is 0 Å². The molecule has 4 heterocycles. The van der Waals surface area contributed by atoms with Gasteiger partial charge < -0.3 is 28.4 Å². The van der Waals surface area contributed by atoms with Crippen LogP contribution >= 0.6 is 0 Å². The molecule has 12 nitrogen and oxygen atoms in total. The first-order valence-corrected chi connectivity index (χ1v) is 11.5. The van der Waals surface area contributed by atoms with E-state index in [1.54, 1.807) is 20.8 Å². The number of hydrogen-bond acceptors (Lipinski definition) is 9. The van der Waals surface area contributed by atoms with Crippen molar-refractivity contribution in [3.63, 3.8) is 0 Å². The molecule has 3 saturated heterocycles. The van der Waals surface area contributed by atoms with Crippen LogP contribution in [-0.4, -0.2) is 90.0 Å². The van der Waals surface area contributed by atoms with Gasteiger partial charge in [0.1, 0.15) is 18.3 Å². The van der Waals surface area contributed by atoms with Crippen LogP contribution in [0.2, 0.25) is 0 Å². The normalized spacial score (nSPS) is 26.1. The number of ether oxygens (including phenoxy) is 6. The molecule has 0 spiro atoms. The highest BCUT2D eigenvalue weighted by molar-refractivity contribution is 4.82. The van der Waals surface area contributed by atoms with Gasteiger partial charge in [0.25, 0.3) is 0 Å². The Morgan fingerprint density at radius 2 is 0.879 bits per heavy atom. The fourth-order valence-electron chi connectivity index (χ4n) is 3.39. The van der Waals surface area contributed by atoms with Crippen molar-refractivity contribution < 1.29 is 28.4 Å². The van der Waals surface area contributed by atoms with Crippen molar-refractivity contribution in [1.29, 1.82) is 0 Å². The van der Waals surface area contributed by atoms with Gasteiger partial charge in [-0.25, -0.2) is 28.1 Å². The molecule has 6 unspecified atom stereocenters. The molecule has 0 aliphatic carbocycles. The second-order valence-corrected chi connectivity index (χ2v) is 8.98. The van der Waals surface area contributed by atoms with Gasteiger partial charge in [0.15, 0.2) is 0 Å². The highest BCUT2D eigenvalue weighted by Crippen LogP contribution is 2.12. The smallest absolute Gasteiger partial charge is 0.336 e. The third kappa shape index (κ3) is 7.08. The van der Waals surface area contributed by atoms with Gasteiger partial charge in [-0.2, -0.15) is 0 Å². The van der Waals surface area contributed by atoms with E-state index in [1.165, 1.54) is 0 Å². The van der Waals surface area contributed by atoms with Crippen LogP contribution in [0.25, 0.3) is 0 Å². The van der Waals surface area contributed by atoms with E-state index in [0.29, 0.717) is 39.6 Å². The highest BCUT2D eigenvalue weighted by atomic mass is 16.6. The molecule has 3 aliphatic rings. The summed E-state index contributed by atoms with van der Waals surface area (Å²) in [7, 11) is 0. The average molecular weight is 472 g/mol. The lowest BCUT2D eigenvalue weighted by molar-refractivity contribution is 0.0316. The monoisotopic (exact) mass is 471 g/mol. The zero-order chi connectivity index (χ0) is 23.5. The van der Waals surface area contributed by atoms with Crippen LogP contribution in [0.15, 0.2) is 14.4 Å². The fourth-order valence-corrected chi connectivity index (χ4v) is 3.39. The Bertz CT molecular complexity index is 821. The van der Waals surface area contributed by atoms with Crippen LogP contribution in [0, 0.1) is 0 Å². The van der Waals surface area contributed by atoms with Crippen molar-refractivity contribution in [1.82, 2.24) is 13.7 Å². The Morgan fingerprint density at radius 1 is 0.636 bits per heavy atom. The lowest BCUT2D eigenvalue weighted by atomic mass is 10.3. The Labute approximate surface area is 190 Å². The molecule has 3 aliphatic heterocycles. The van der Waals surface area contributed by atoms with Crippen LogP contribution in [0.3, 0.4) is 0 Å². The molecule has 6 atom stereocenters. The largest absolute Gasteiger partial charge is 0.374 e. The minimum Gasteiger partial charge on any atom is -0.374 e. The summed E-state index contributed by atoms with van der Waals surface area (Å²) < 4.78 is 35.6. The lowest BCUT2D eigenvalue weighted by Crippen LogP contribution is -2.57. The molecule has 0 saturated carbocycles. The Kier molecular flexibility index (Phi) is 7.82. The predicted octanol–water partition coefficient (Wildman–Crippen LogP) is -1.42. The average Bonchev–Trinajstić information content (AvgIpc) is 3.63. The summed E-state index contributed by atoms with van der Waals surface area (Å²) >= 11 is 0. The van der Waals surface area contributed by atoms with Gasteiger partial charge in [0.05, 0.1) is 77.6 Å². The van der Waals surface area contributed by atoms with E-state index in [0.717, 1.165) is 13.7 Å². The van der Waals surface area contributed by atoms with E-state index in [9.17, 15) is 14.4 Å². The Morgan fingerprint density at radius 3 is 1.09 bits per heavy atom. The summed E-state index contributed by atoms with van der Waals surface area (Å²) in [5, 5.41) is 0. The van der Waals surface area contributed by atoms with Crippen LogP contribution in [0.5, 0.6) is 0 Å². The maximum absolute atomic E-state index is 13.1. The minimum absolute atomic E-state index is 0.0149. The molecule has 1 aromatic heterocycles. The molecule has 0 aromatic carbocycles. The summed E-state index contributed by atoms with van der Waals surface area (Å²) in [6.45, 7) is 8.50. The highest BCUT2D eigenvalue weighted by Gasteiger charge is 2.27. The molecule has 12 heteroatoms. The van der Waals surface area contributed by atoms with Gasteiger partial charge in [-0.3, -0.25) is 0 Å². The molecule has 33 heavy (non-hydrogen) atoms. The van der Waals surface area contributed by atoms with Crippen molar-refractivity contribution in [2.75, 3.05) is 39.6 Å². The quantitative estimate of drug-likeness (QED) is 0.283. The first kappa shape index (κ1) is 24.3. The van der Waals surface area contributed by atoms with E-state index < -0.39 is 35.4 Å². The van der Waals surface area contributed by atoms with E-state index in [4.69, 9.17) is 28.4 Å². The van der Waals surface area contributed by atoms with Gasteiger partial charge >= 0.3 is 17.1 Å². The minimum atomic E-state index is -0.683. The van der Waals surface area contributed by atoms with Crippen molar-refractivity contribution in [3.8, 4) is 0 Å². The first-order valence-electron chi connectivity index (χ1n) is 11.5. The summed E-state index contributed by atoms with van der Waals surface area (Å²) in [4.78, 5) is 39.4. The SMILES string of the molecule is CC(Cn1c(=O)n(CC(C)OCC2CO2)c(=O)n(CC(C)OCC2CO2)c1=O)OCC1CO1. The van der Waals surface area contributed by atoms with Crippen molar-refractivity contribution in [2.45, 2.75) is 77.0 Å². The number of epoxide rings is 3. The summed E-state index contributed by atoms with van der Waals surface area (Å²) in [5.41, 5.74) is -2.05. The summed E-state index contributed by atoms with van der Waals surface area (Å²) in [5.74, 6) is 0. The van der Waals surface area contributed by atoms with Crippen molar-refractivity contribution in [3.05, 3.63) is 31.5 Å². The maximum atomic E-state index is 13.1. The number of hydrogen-bond donors (Lipinski definition) is 0. The van der Waals surface area contributed by atoms with Gasteiger partial charge in [0.2, 0.25) is 0 Å². The van der Waals surface area contributed by atoms with Crippen LogP contribution in [-0.2, 0) is 48.1 Å². The second kappa shape index (κ2) is 10.6. The van der Waals surface area contributed by atoms with Gasteiger partial charge in [-0.05, 0) is 20.8 Å². The Hall–Kier alpha value is -1.83. The molecule has 3 fully saturated rings. The summed E-state index contributed by atoms with van der Waals surface area (Å²) in [6.07, 6.45) is -1.05. The topological polar surface area (TPSA) is 131 Å². The molecule has 0 radical (unpaired) electrons. The predicted molar refractivity (Wildman–Crippen MR) is 115 cm³/mol. The second-order valence-electron chi connectivity index (χ2n) is 8.98. The standard InChI is InChI=1S/C21H33N3O9/c1-13(28-7-16-10-31-16)4-22-19(25)23(5-14(2)29-8-17-11-32-17)21(27)24(20(22)26)6-15(3)30-9-18-12-33-18/h13-18H,4-12H2,1-3H3. The molecular weight excluding hydrogens is 438 g/mol. The zero-order valence-corrected chi connectivity index (χ0v) is 19.3. The van der Waals surface area contributed by atoms with E-state index >= 15 is 0 Å². The fraction of sp³-hybridized carbons (Fsp3) is 0.857. The van der Waals surface area contributed by atoms with E-state index in [-0.39, 0.29) is 37.9 Å². The van der Waals surface area contributed by atoms with Gasteiger partial charge in [-0.15, -0.1) is 0 Å². The molecule has 186 valence electrons. The number of rotatable bonds is 15. The van der Waals surface area contributed by atoms with Crippen LogP contribution < -0.4 is 17.1 Å². The molecule has 1 aromatic rings. The van der Waals surface area contributed by atoms with Crippen molar-refractivity contribution in [2.24, 2.45) is 0 Å². The third-order valence-corrected chi connectivity index (χ3v) is 5.61. The first-order chi connectivity index (χ1) is 15.8.